The summed E-state index contributed by atoms with van der Waals surface area (Å²) in [5.41, 5.74) is 6.35. The molecule has 0 saturated heterocycles. The second-order valence-corrected chi connectivity index (χ2v) is 7.49. The molecule has 3 N–H and O–H groups in total. The van der Waals surface area contributed by atoms with Crippen LogP contribution in [0.3, 0.4) is 0 Å². The van der Waals surface area contributed by atoms with Crippen LogP contribution in [-0.2, 0) is 20.7 Å². The first-order valence-electron chi connectivity index (χ1n) is 10.3. The summed E-state index contributed by atoms with van der Waals surface area (Å²) in [6.07, 6.45) is 8.34. The fourth-order valence-electron chi connectivity index (χ4n) is 3.38. The number of hydrogen-bond acceptors (Lipinski definition) is 10. The van der Waals surface area contributed by atoms with Crippen molar-refractivity contribution in [3.63, 3.8) is 0 Å². The minimum Gasteiger partial charge on any atom is -0.490 e. The molecule has 12 heteroatoms. The number of fused-ring (bicyclic) bond motifs is 2. The number of nitrogens with two attached hydrogens (primary N) is 1. The van der Waals surface area contributed by atoms with Crippen LogP contribution < -0.4 is 15.9 Å². The number of carboxylic acids is 1. The maximum atomic E-state index is 11.7. The summed E-state index contributed by atoms with van der Waals surface area (Å²) in [5, 5.41) is 19.0. The molecule has 2 heterocycles. The van der Waals surface area contributed by atoms with E-state index in [1.165, 1.54) is 0 Å². The van der Waals surface area contributed by atoms with E-state index < -0.39 is 33.8 Å². The topological polar surface area (TPSA) is 189 Å². The standard InChI is InChI=1S/C13H13NO3.C11H5NO7/c1-2-16-13(15)8-11-5-3-9-7-10(14)4-6-12(9)17-11;13-7-4-9(10(14)11(15)16)19-8-2-1-5(12(17)18)3-6(7)8/h1,4,6-7,11H,3,5,8,14H2;1-4H,(H,15,16). The summed E-state index contributed by atoms with van der Waals surface area (Å²) < 4.78 is 15.1. The van der Waals surface area contributed by atoms with Gasteiger partial charge in [-0.3, -0.25) is 24.5 Å². The Morgan fingerprint density at radius 3 is 2.64 bits per heavy atom. The fraction of sp³-hybridized carbons (Fsp3) is 0.167. The van der Waals surface area contributed by atoms with E-state index in [0.717, 1.165) is 48.0 Å². The molecule has 0 amide bonds. The zero-order valence-corrected chi connectivity index (χ0v) is 18.5. The van der Waals surface area contributed by atoms with Crippen molar-refractivity contribution in [2.45, 2.75) is 25.4 Å². The first-order chi connectivity index (χ1) is 17.1. The van der Waals surface area contributed by atoms with Gasteiger partial charge in [-0.05, 0) is 42.7 Å². The van der Waals surface area contributed by atoms with E-state index in [2.05, 4.69) is 4.74 Å². The van der Waals surface area contributed by atoms with Crippen molar-refractivity contribution in [1.29, 1.82) is 0 Å². The van der Waals surface area contributed by atoms with Crippen molar-refractivity contribution in [2.75, 3.05) is 5.73 Å². The Bertz CT molecular complexity index is 1470. The predicted molar refractivity (Wildman–Crippen MR) is 124 cm³/mol. The fourth-order valence-corrected chi connectivity index (χ4v) is 3.38. The van der Waals surface area contributed by atoms with Crippen molar-refractivity contribution in [3.05, 3.63) is 74.1 Å². The number of nitro groups is 1. The lowest BCUT2D eigenvalue weighted by Gasteiger charge is -2.25. The van der Waals surface area contributed by atoms with E-state index >= 15 is 0 Å². The van der Waals surface area contributed by atoms with E-state index in [9.17, 15) is 29.3 Å². The van der Waals surface area contributed by atoms with Gasteiger partial charge < -0.3 is 24.7 Å². The third-order valence-electron chi connectivity index (χ3n) is 5.02. The molecule has 3 aromatic rings. The number of benzene rings is 2. The van der Waals surface area contributed by atoms with Crippen molar-refractivity contribution in [3.8, 4) is 18.3 Å². The number of rotatable bonds is 5. The van der Waals surface area contributed by atoms with Crippen LogP contribution in [0.4, 0.5) is 11.4 Å². The predicted octanol–water partition coefficient (Wildman–Crippen LogP) is 2.45. The second-order valence-electron chi connectivity index (χ2n) is 7.49. The molecule has 1 aromatic heterocycles. The quantitative estimate of drug-likeness (QED) is 0.101. The summed E-state index contributed by atoms with van der Waals surface area (Å²) >= 11 is 0. The van der Waals surface area contributed by atoms with Gasteiger partial charge in [0.15, 0.2) is 11.2 Å². The van der Waals surface area contributed by atoms with Crippen LogP contribution in [0.5, 0.6) is 5.75 Å². The number of aliphatic carboxylic acids is 1. The number of anilines is 1. The van der Waals surface area contributed by atoms with Gasteiger partial charge in [-0.2, -0.15) is 0 Å². The average Bonchev–Trinajstić information content (AvgIpc) is 2.83. The van der Waals surface area contributed by atoms with Gasteiger partial charge in [0.1, 0.15) is 23.5 Å². The van der Waals surface area contributed by atoms with Crippen LogP contribution in [0.1, 0.15) is 29.0 Å². The molecule has 1 aliphatic rings. The minimum atomic E-state index is -1.76. The lowest BCUT2D eigenvalue weighted by molar-refractivity contribution is -0.384. The number of terminal acetylenes is 1. The summed E-state index contributed by atoms with van der Waals surface area (Å²) in [4.78, 5) is 54.4. The number of nitrogen functional groups attached to an aromatic ring is 1. The van der Waals surface area contributed by atoms with Crippen LogP contribution in [0.2, 0.25) is 0 Å². The summed E-state index contributed by atoms with van der Waals surface area (Å²) in [6.45, 7) is 0. The number of ether oxygens (including phenoxy) is 2. The second kappa shape index (κ2) is 10.8. The molecule has 12 nitrogen and oxygen atoms in total. The number of Topliss-reactive ketones (excluding diaryl/α,β-unsaturated/α-hetero) is 1. The summed E-state index contributed by atoms with van der Waals surface area (Å²) in [5.74, 6) is -3.40. The van der Waals surface area contributed by atoms with Gasteiger partial charge >= 0.3 is 17.7 Å². The molecule has 184 valence electrons. The Hall–Kier alpha value is -5.18. The van der Waals surface area contributed by atoms with Crippen LogP contribution in [-0.4, -0.2) is 33.9 Å². The molecular weight excluding hydrogens is 476 g/mol. The first kappa shape index (κ1) is 25.4. The number of esters is 1. The molecule has 1 aliphatic heterocycles. The first-order valence-corrected chi connectivity index (χ1v) is 10.3. The summed E-state index contributed by atoms with van der Waals surface area (Å²) in [6, 6.07) is 9.40. The average molecular weight is 494 g/mol. The monoisotopic (exact) mass is 494 g/mol. The molecule has 1 atom stereocenters. The number of carbonyl (C=O) groups excluding carboxylic acids is 2. The largest absolute Gasteiger partial charge is 0.490 e. The van der Waals surface area contributed by atoms with Gasteiger partial charge in [-0.1, -0.05) is 6.42 Å². The van der Waals surface area contributed by atoms with E-state index in [1.54, 1.807) is 6.07 Å². The van der Waals surface area contributed by atoms with Gasteiger partial charge in [-0.25, -0.2) is 4.79 Å². The van der Waals surface area contributed by atoms with Crippen LogP contribution >= 0.6 is 0 Å². The molecule has 1 unspecified atom stereocenters. The summed E-state index contributed by atoms with van der Waals surface area (Å²) in [7, 11) is 0. The maximum absolute atomic E-state index is 11.7. The van der Waals surface area contributed by atoms with E-state index in [0.29, 0.717) is 6.07 Å². The Labute approximate surface area is 202 Å². The van der Waals surface area contributed by atoms with Crippen LogP contribution in [0.25, 0.3) is 11.0 Å². The van der Waals surface area contributed by atoms with Crippen molar-refractivity contribution < 1.29 is 38.3 Å². The van der Waals surface area contributed by atoms with Gasteiger partial charge in [0.05, 0.1) is 16.7 Å². The van der Waals surface area contributed by atoms with Gasteiger partial charge in [0, 0.05) is 23.9 Å². The van der Waals surface area contributed by atoms with Crippen LogP contribution in [0.15, 0.2) is 51.7 Å². The smallest absolute Gasteiger partial charge is 0.380 e. The van der Waals surface area contributed by atoms with E-state index in [-0.39, 0.29) is 29.2 Å². The van der Waals surface area contributed by atoms with Crippen LogP contribution in [0, 0.1) is 22.6 Å². The molecule has 0 bridgehead atoms. The number of hydrogen-bond donors (Lipinski definition) is 2. The maximum Gasteiger partial charge on any atom is 0.380 e. The van der Waals surface area contributed by atoms with E-state index in [1.807, 2.05) is 18.2 Å². The highest BCUT2D eigenvalue weighted by Gasteiger charge is 2.23. The zero-order chi connectivity index (χ0) is 26.4. The third-order valence-corrected chi connectivity index (χ3v) is 5.02. The van der Waals surface area contributed by atoms with Crippen molar-refractivity contribution in [2.24, 2.45) is 0 Å². The highest BCUT2D eigenvalue weighted by molar-refractivity contribution is 6.39. The Kier molecular flexibility index (Phi) is 7.65. The molecule has 0 saturated carbocycles. The molecule has 0 radical (unpaired) electrons. The molecule has 4 rings (SSSR count). The number of nitro benzene ring substituents is 1. The van der Waals surface area contributed by atoms with Crippen molar-refractivity contribution >= 4 is 40.1 Å². The molecular formula is C24H18N2O10. The number of ketones is 1. The Morgan fingerprint density at radius 1 is 1.22 bits per heavy atom. The van der Waals surface area contributed by atoms with Crippen molar-refractivity contribution in [1.82, 2.24) is 0 Å². The lowest BCUT2D eigenvalue weighted by Crippen LogP contribution is -2.26. The SMILES string of the molecule is C#COC(=O)CC1CCc2cc(N)ccc2O1.O=C(O)C(=O)c1cc(=O)c2cc([N+](=O)[O-])ccc2o1. The third kappa shape index (κ3) is 6.03. The molecule has 36 heavy (non-hydrogen) atoms. The Balaban J connectivity index is 0.000000202. The zero-order valence-electron chi connectivity index (χ0n) is 18.5. The lowest BCUT2D eigenvalue weighted by atomic mass is 10.00. The van der Waals surface area contributed by atoms with E-state index in [4.69, 9.17) is 26.4 Å². The van der Waals surface area contributed by atoms with Gasteiger partial charge in [-0.15, -0.1) is 0 Å². The number of aryl methyl sites for hydroxylation is 1. The normalized spacial score (nSPS) is 13.7. The number of carboxylic acid groups (broad SMARTS) is 1. The van der Waals surface area contributed by atoms with Gasteiger partial charge in [0.2, 0.25) is 0 Å². The molecule has 0 spiro atoms. The Morgan fingerprint density at radius 2 is 1.97 bits per heavy atom. The molecule has 0 aliphatic carbocycles. The van der Waals surface area contributed by atoms with Gasteiger partial charge in [0.25, 0.3) is 5.69 Å². The number of nitrogens with zero attached hydrogens (tertiary/aromatic N) is 1. The molecule has 0 fully saturated rings. The highest BCUT2D eigenvalue weighted by atomic mass is 16.6. The molecule has 2 aromatic carbocycles. The number of non-ortho nitro benzene ring substituents is 1. The number of carbonyl (C=O) groups is 3. The minimum absolute atomic E-state index is 0.0947. The highest BCUT2D eigenvalue weighted by Crippen LogP contribution is 2.30.